The fraction of sp³-hybridized carbons (Fsp3) is 0.441. The molecule has 6 nitrogen and oxygen atoms in total. The van der Waals surface area contributed by atoms with Crippen molar-refractivity contribution in [1.29, 1.82) is 0 Å². The Labute approximate surface area is 237 Å². The summed E-state index contributed by atoms with van der Waals surface area (Å²) in [6.45, 7) is 19.2. The molecule has 0 spiro atoms. The minimum atomic E-state index is -0.984. The molecule has 0 bridgehead atoms. The number of unbranched alkanes of at least 4 members (excludes halogenated alkanes) is 1. The van der Waals surface area contributed by atoms with Crippen LogP contribution in [-0.4, -0.2) is 33.7 Å². The molecule has 3 aliphatic rings. The number of aromatic carboxylic acids is 1. The molecule has 1 aromatic rings. The second-order valence-electron chi connectivity index (χ2n) is 13.4. The predicted octanol–water partition coefficient (Wildman–Crippen LogP) is 6.50. The largest absolute Gasteiger partial charge is 0.871 e. The maximum Gasteiger partial charge on any atom is 0.335 e. The molecule has 1 N–H and O–H groups in total. The highest BCUT2D eigenvalue weighted by molar-refractivity contribution is 6.24. The van der Waals surface area contributed by atoms with Gasteiger partial charge in [0.1, 0.15) is 18.1 Å². The van der Waals surface area contributed by atoms with Crippen molar-refractivity contribution < 1.29 is 29.1 Å². The van der Waals surface area contributed by atoms with E-state index >= 15 is 0 Å². The molecule has 0 aromatic heterocycles. The lowest BCUT2D eigenvalue weighted by molar-refractivity contribution is -0.438. The lowest BCUT2D eigenvalue weighted by atomic mass is 9.78. The normalized spacial score (nSPS) is 19.8. The van der Waals surface area contributed by atoms with Crippen LogP contribution in [0, 0.1) is 10.8 Å². The SMILES string of the molecule is CCCC[N+]1=C(C=C2C(=O)C(C=C3C=C(C(C)(C)C)OC(C(C)(C)C)=C3)=C2[O-])C(C)(C)c2cc(C(=O)O)ccc21. The molecular weight excluding hydrogens is 502 g/mol. The predicted molar refractivity (Wildman–Crippen MR) is 155 cm³/mol. The lowest BCUT2D eigenvalue weighted by Gasteiger charge is -2.33. The van der Waals surface area contributed by atoms with Crippen LogP contribution in [0.15, 0.2) is 76.5 Å². The number of hydrogen-bond acceptors (Lipinski definition) is 4. The maximum absolute atomic E-state index is 13.4. The number of allylic oxidation sites excluding steroid dienone is 9. The van der Waals surface area contributed by atoms with Crippen molar-refractivity contribution in [3.8, 4) is 0 Å². The first-order chi connectivity index (χ1) is 18.5. The van der Waals surface area contributed by atoms with E-state index in [2.05, 4.69) is 53.0 Å². The maximum atomic E-state index is 13.4. The van der Waals surface area contributed by atoms with Gasteiger partial charge < -0.3 is 14.9 Å². The fourth-order valence-electron chi connectivity index (χ4n) is 5.17. The van der Waals surface area contributed by atoms with Gasteiger partial charge in [0.05, 0.1) is 11.0 Å². The summed E-state index contributed by atoms with van der Waals surface area (Å²) < 4.78 is 8.34. The van der Waals surface area contributed by atoms with Gasteiger partial charge in [-0.25, -0.2) is 4.79 Å². The quantitative estimate of drug-likeness (QED) is 0.327. The Hall–Kier alpha value is -3.67. The Bertz CT molecular complexity index is 1440. The van der Waals surface area contributed by atoms with E-state index in [-0.39, 0.29) is 39.1 Å². The number of carbonyl (C=O) groups is 2. The van der Waals surface area contributed by atoms with Crippen LogP contribution in [0.4, 0.5) is 5.69 Å². The number of ether oxygens (including phenoxy) is 1. The summed E-state index contributed by atoms with van der Waals surface area (Å²) in [5, 5.41) is 22.9. The monoisotopic (exact) mass is 543 g/mol. The van der Waals surface area contributed by atoms with Crippen molar-refractivity contribution in [2.45, 2.75) is 80.6 Å². The van der Waals surface area contributed by atoms with Gasteiger partial charge in [0.25, 0.3) is 0 Å². The van der Waals surface area contributed by atoms with Crippen LogP contribution in [0.3, 0.4) is 0 Å². The molecule has 2 aliphatic heterocycles. The van der Waals surface area contributed by atoms with Crippen molar-refractivity contribution in [1.82, 2.24) is 0 Å². The van der Waals surface area contributed by atoms with E-state index in [9.17, 15) is 19.8 Å². The number of hydrogen-bond donors (Lipinski definition) is 1. The van der Waals surface area contributed by atoms with Crippen molar-refractivity contribution >= 4 is 23.2 Å². The average molecular weight is 544 g/mol. The third kappa shape index (κ3) is 5.24. The molecule has 0 atom stereocenters. The van der Waals surface area contributed by atoms with E-state index in [1.165, 1.54) is 0 Å². The first-order valence-corrected chi connectivity index (χ1v) is 14.0. The number of benzene rings is 1. The lowest BCUT2D eigenvalue weighted by Crippen LogP contribution is -2.34. The Kier molecular flexibility index (Phi) is 7.37. The van der Waals surface area contributed by atoms with Crippen LogP contribution >= 0.6 is 0 Å². The van der Waals surface area contributed by atoms with Crippen molar-refractivity contribution in [3.63, 3.8) is 0 Å². The molecule has 1 aliphatic carbocycles. The standard InChI is InChI=1S/C34H41NO5/c1-10-11-14-35-25-13-12-21(31(38)39)18-24(25)34(8,9)26(35)19-23-29(36)22(30(23)37)15-20-16-27(32(2,3)4)40-28(17-20)33(5,6)7/h12-13,15-19H,10-11,14H2,1-9H3,(H-,36,37,38,39). The molecule has 40 heavy (non-hydrogen) atoms. The number of nitrogens with zero attached hydrogens (tertiary/aromatic N) is 1. The molecule has 0 unspecified atom stereocenters. The van der Waals surface area contributed by atoms with Crippen LogP contribution < -0.4 is 5.11 Å². The van der Waals surface area contributed by atoms with E-state index < -0.39 is 11.4 Å². The number of carboxylic acids is 1. The highest BCUT2D eigenvalue weighted by atomic mass is 16.5. The van der Waals surface area contributed by atoms with Crippen LogP contribution in [0.2, 0.25) is 0 Å². The molecule has 212 valence electrons. The van der Waals surface area contributed by atoms with Gasteiger partial charge in [0, 0.05) is 46.1 Å². The number of fused-ring (bicyclic) bond motifs is 1. The fourth-order valence-corrected chi connectivity index (χ4v) is 5.17. The Morgan fingerprint density at radius 1 is 1.05 bits per heavy atom. The minimum Gasteiger partial charge on any atom is -0.871 e. The number of carbonyl (C=O) groups excluding carboxylic acids is 1. The first-order valence-electron chi connectivity index (χ1n) is 14.0. The number of ketones is 1. The minimum absolute atomic E-state index is 0.162. The van der Waals surface area contributed by atoms with Gasteiger partial charge in [0.15, 0.2) is 11.5 Å². The van der Waals surface area contributed by atoms with E-state index in [0.29, 0.717) is 6.54 Å². The zero-order valence-electron chi connectivity index (χ0n) is 25.2. The molecule has 0 saturated carbocycles. The molecule has 6 heteroatoms. The number of carboxylic acid groups (broad SMARTS) is 1. The van der Waals surface area contributed by atoms with Gasteiger partial charge in [-0.05, 0) is 49.8 Å². The third-order valence-corrected chi connectivity index (χ3v) is 7.74. The van der Waals surface area contributed by atoms with Crippen LogP contribution in [-0.2, 0) is 14.9 Å². The van der Waals surface area contributed by atoms with Gasteiger partial charge in [-0.1, -0.05) is 60.6 Å². The van der Waals surface area contributed by atoms with Crippen LogP contribution in [0.1, 0.15) is 91.1 Å². The molecule has 0 radical (unpaired) electrons. The Balaban J connectivity index is 1.79. The van der Waals surface area contributed by atoms with Crippen LogP contribution in [0.25, 0.3) is 0 Å². The number of Topliss-reactive ketones (excluding diaryl/α,β-unsaturated/α-hetero) is 1. The summed E-state index contributed by atoms with van der Waals surface area (Å²) in [4.78, 5) is 25.1. The summed E-state index contributed by atoms with van der Waals surface area (Å²) in [6, 6.07) is 5.14. The van der Waals surface area contributed by atoms with Crippen molar-refractivity contribution in [3.05, 3.63) is 87.6 Å². The van der Waals surface area contributed by atoms with E-state index in [1.807, 2.05) is 32.1 Å². The molecule has 2 heterocycles. The first kappa shape index (κ1) is 29.3. The molecule has 4 rings (SSSR count). The Morgan fingerprint density at radius 2 is 1.65 bits per heavy atom. The number of rotatable bonds is 6. The van der Waals surface area contributed by atoms with Gasteiger partial charge in [-0.3, -0.25) is 4.79 Å². The molecule has 0 saturated heterocycles. The average Bonchev–Trinajstić information content (AvgIpc) is 3.08. The van der Waals surface area contributed by atoms with Gasteiger partial charge >= 0.3 is 5.97 Å². The highest BCUT2D eigenvalue weighted by Gasteiger charge is 2.46. The summed E-state index contributed by atoms with van der Waals surface area (Å²) in [7, 11) is 0. The zero-order valence-corrected chi connectivity index (χ0v) is 25.2. The third-order valence-electron chi connectivity index (χ3n) is 7.74. The summed E-state index contributed by atoms with van der Waals surface area (Å²) in [6.07, 6.45) is 9.10. The van der Waals surface area contributed by atoms with E-state index in [1.54, 1.807) is 24.3 Å². The topological polar surface area (TPSA) is 89.7 Å². The smallest absolute Gasteiger partial charge is 0.335 e. The zero-order chi connectivity index (χ0) is 29.8. The summed E-state index contributed by atoms with van der Waals surface area (Å²) >= 11 is 0. The second kappa shape index (κ2) is 10.1. The molecule has 0 amide bonds. The van der Waals surface area contributed by atoms with Crippen molar-refractivity contribution in [2.24, 2.45) is 10.8 Å². The van der Waals surface area contributed by atoms with Gasteiger partial charge in [0.2, 0.25) is 5.69 Å². The van der Waals surface area contributed by atoms with E-state index in [0.717, 1.165) is 46.9 Å². The van der Waals surface area contributed by atoms with Gasteiger partial charge in [-0.15, -0.1) is 0 Å². The summed E-state index contributed by atoms with van der Waals surface area (Å²) in [5.74, 6) is 0.0374. The second-order valence-corrected chi connectivity index (χ2v) is 13.4. The van der Waals surface area contributed by atoms with Crippen molar-refractivity contribution in [2.75, 3.05) is 6.54 Å². The van der Waals surface area contributed by atoms with Gasteiger partial charge in [-0.2, -0.15) is 4.58 Å². The molecule has 0 fully saturated rings. The molecular formula is C34H41NO5. The van der Waals surface area contributed by atoms with E-state index in [4.69, 9.17) is 4.74 Å². The molecule has 1 aromatic carbocycles. The van der Waals surface area contributed by atoms with Crippen LogP contribution in [0.5, 0.6) is 0 Å². The summed E-state index contributed by atoms with van der Waals surface area (Å²) in [5.41, 5.74) is 2.88. The Morgan fingerprint density at radius 3 is 2.15 bits per heavy atom. The highest BCUT2D eigenvalue weighted by Crippen LogP contribution is 2.43.